The molecule has 1 aliphatic rings. The van der Waals surface area contributed by atoms with E-state index in [1.807, 2.05) is 0 Å². The van der Waals surface area contributed by atoms with E-state index in [2.05, 4.69) is 20.3 Å². The fraction of sp³-hybridized carbons (Fsp3) is 0.333. The fourth-order valence-corrected chi connectivity index (χ4v) is 2.97. The molecule has 160 valence electrons. The van der Waals surface area contributed by atoms with Crippen LogP contribution in [0.5, 0.6) is 0 Å². The van der Waals surface area contributed by atoms with Gasteiger partial charge in [-0.15, -0.1) is 0 Å². The second-order valence-electron chi connectivity index (χ2n) is 6.74. The average Bonchev–Trinajstić information content (AvgIpc) is 2.68. The van der Waals surface area contributed by atoms with Crippen LogP contribution in [-0.2, 0) is 17.0 Å². The monoisotopic (exact) mass is 429 g/mol. The molecule has 1 aromatic carbocycles. The SMILES string of the molecule is C[C@@]1(c2cc(NC(=O)c3cnc(CF)cn3)ccc2F)C[C@@H](C(F)(F)F)N=C(N)O1. The van der Waals surface area contributed by atoms with E-state index in [1.165, 1.54) is 13.0 Å². The summed E-state index contributed by atoms with van der Waals surface area (Å²) < 4.78 is 71.7. The lowest BCUT2D eigenvalue weighted by atomic mass is 9.87. The number of carbonyl (C=O) groups is 1. The van der Waals surface area contributed by atoms with E-state index in [0.29, 0.717) is 0 Å². The second kappa shape index (κ2) is 7.84. The van der Waals surface area contributed by atoms with Crippen molar-refractivity contribution in [1.29, 1.82) is 0 Å². The molecule has 0 radical (unpaired) electrons. The van der Waals surface area contributed by atoms with Crippen LogP contribution in [0, 0.1) is 5.82 Å². The van der Waals surface area contributed by atoms with Crippen LogP contribution in [0.4, 0.5) is 27.6 Å². The number of hydrogen-bond acceptors (Lipinski definition) is 6. The number of nitrogens with one attached hydrogen (secondary N) is 1. The third-order valence-electron chi connectivity index (χ3n) is 4.44. The van der Waals surface area contributed by atoms with Gasteiger partial charge in [0.2, 0.25) is 0 Å². The summed E-state index contributed by atoms with van der Waals surface area (Å²) >= 11 is 0. The van der Waals surface area contributed by atoms with Crippen LogP contribution in [-0.4, -0.2) is 34.1 Å². The van der Waals surface area contributed by atoms with Crippen molar-refractivity contribution in [3.05, 3.63) is 53.4 Å². The number of ether oxygens (including phenoxy) is 1. The first kappa shape index (κ1) is 21.4. The van der Waals surface area contributed by atoms with Gasteiger partial charge in [0.15, 0.2) is 6.04 Å². The van der Waals surface area contributed by atoms with Crippen LogP contribution in [0.1, 0.15) is 35.1 Å². The van der Waals surface area contributed by atoms with Gasteiger partial charge in [0.05, 0.1) is 18.1 Å². The number of nitrogens with zero attached hydrogens (tertiary/aromatic N) is 3. The molecule has 7 nitrogen and oxygen atoms in total. The number of alkyl halides is 4. The number of benzene rings is 1. The zero-order chi connectivity index (χ0) is 22.1. The van der Waals surface area contributed by atoms with Crippen LogP contribution in [0.2, 0.25) is 0 Å². The van der Waals surface area contributed by atoms with Crippen LogP contribution in [0.25, 0.3) is 0 Å². The molecule has 2 atom stereocenters. The predicted molar refractivity (Wildman–Crippen MR) is 95.7 cm³/mol. The zero-order valence-corrected chi connectivity index (χ0v) is 15.5. The van der Waals surface area contributed by atoms with E-state index in [0.717, 1.165) is 24.5 Å². The summed E-state index contributed by atoms with van der Waals surface area (Å²) in [4.78, 5) is 23.0. The zero-order valence-electron chi connectivity index (χ0n) is 15.5. The highest BCUT2D eigenvalue weighted by atomic mass is 19.4. The van der Waals surface area contributed by atoms with Gasteiger partial charge in [-0.05, 0) is 25.1 Å². The lowest BCUT2D eigenvalue weighted by Gasteiger charge is -2.37. The quantitative estimate of drug-likeness (QED) is 0.727. The van der Waals surface area contributed by atoms with Crippen LogP contribution in [0.15, 0.2) is 35.6 Å². The molecule has 1 aromatic heterocycles. The summed E-state index contributed by atoms with van der Waals surface area (Å²) in [6, 6.07) is 0.441. The van der Waals surface area contributed by atoms with Gasteiger partial charge in [-0.25, -0.2) is 18.8 Å². The van der Waals surface area contributed by atoms with E-state index in [1.54, 1.807) is 0 Å². The highest BCUT2D eigenvalue weighted by Gasteiger charge is 2.49. The molecular weight excluding hydrogens is 413 g/mol. The van der Waals surface area contributed by atoms with Gasteiger partial charge in [-0.3, -0.25) is 9.78 Å². The molecule has 3 rings (SSSR count). The van der Waals surface area contributed by atoms with Gasteiger partial charge in [0, 0.05) is 17.7 Å². The minimum Gasteiger partial charge on any atom is -0.454 e. The highest BCUT2D eigenvalue weighted by molar-refractivity contribution is 6.02. The molecule has 1 aliphatic heterocycles. The van der Waals surface area contributed by atoms with Gasteiger partial charge in [0.25, 0.3) is 11.9 Å². The average molecular weight is 429 g/mol. The fourth-order valence-electron chi connectivity index (χ4n) is 2.97. The van der Waals surface area contributed by atoms with E-state index in [-0.39, 0.29) is 22.6 Å². The van der Waals surface area contributed by atoms with Gasteiger partial charge >= 0.3 is 6.18 Å². The van der Waals surface area contributed by atoms with Crippen molar-refractivity contribution in [3.63, 3.8) is 0 Å². The van der Waals surface area contributed by atoms with Crippen molar-refractivity contribution < 1.29 is 31.5 Å². The van der Waals surface area contributed by atoms with Crippen LogP contribution >= 0.6 is 0 Å². The summed E-state index contributed by atoms with van der Waals surface area (Å²) in [6.07, 6.45) is -3.25. The Hall–Kier alpha value is -3.31. The molecule has 0 bridgehead atoms. The molecule has 12 heteroatoms. The third-order valence-corrected chi connectivity index (χ3v) is 4.44. The third kappa shape index (κ3) is 4.47. The lowest BCUT2D eigenvalue weighted by molar-refractivity contribution is -0.164. The minimum atomic E-state index is -4.69. The molecule has 30 heavy (non-hydrogen) atoms. The Balaban J connectivity index is 1.87. The van der Waals surface area contributed by atoms with Gasteiger partial charge < -0.3 is 15.8 Å². The number of hydrogen-bond donors (Lipinski definition) is 2. The Morgan fingerprint density at radius 2 is 2.07 bits per heavy atom. The molecule has 3 N–H and O–H groups in total. The van der Waals surface area contributed by atoms with Crippen molar-refractivity contribution in [2.75, 3.05) is 5.32 Å². The smallest absolute Gasteiger partial charge is 0.411 e. The summed E-state index contributed by atoms with van der Waals surface area (Å²) in [7, 11) is 0. The largest absolute Gasteiger partial charge is 0.454 e. The van der Waals surface area contributed by atoms with Crippen molar-refractivity contribution in [1.82, 2.24) is 9.97 Å². The number of halogens is 5. The van der Waals surface area contributed by atoms with Gasteiger partial charge in [-0.2, -0.15) is 13.2 Å². The number of nitrogens with two attached hydrogens (primary N) is 1. The minimum absolute atomic E-state index is 0.0384. The van der Waals surface area contributed by atoms with Crippen molar-refractivity contribution in [2.45, 2.75) is 37.8 Å². The maximum atomic E-state index is 14.5. The molecule has 0 unspecified atom stereocenters. The van der Waals surface area contributed by atoms with Crippen molar-refractivity contribution in [3.8, 4) is 0 Å². The molecule has 0 aliphatic carbocycles. The Bertz CT molecular complexity index is 980. The Labute approximate surface area is 167 Å². The first-order valence-electron chi connectivity index (χ1n) is 8.59. The Morgan fingerprint density at radius 3 is 2.67 bits per heavy atom. The van der Waals surface area contributed by atoms with Crippen LogP contribution < -0.4 is 11.1 Å². The van der Waals surface area contributed by atoms with Gasteiger partial charge in [-0.1, -0.05) is 0 Å². The maximum absolute atomic E-state index is 14.5. The number of amidine groups is 1. The number of anilines is 1. The summed E-state index contributed by atoms with van der Waals surface area (Å²) in [6.45, 7) is 0.401. The van der Waals surface area contributed by atoms with Crippen molar-refractivity contribution >= 4 is 17.6 Å². The van der Waals surface area contributed by atoms with E-state index in [4.69, 9.17) is 10.5 Å². The predicted octanol–water partition coefficient (Wildman–Crippen LogP) is 3.22. The molecule has 1 amide bonds. The maximum Gasteiger partial charge on any atom is 0.411 e. The van der Waals surface area contributed by atoms with Crippen LogP contribution in [0.3, 0.4) is 0 Å². The van der Waals surface area contributed by atoms with E-state index >= 15 is 0 Å². The molecule has 0 spiro atoms. The molecule has 2 aromatic rings. The highest BCUT2D eigenvalue weighted by Crippen LogP contribution is 2.41. The number of carbonyl (C=O) groups excluding carboxylic acids is 1. The summed E-state index contributed by atoms with van der Waals surface area (Å²) in [5, 5.41) is 2.43. The second-order valence-corrected chi connectivity index (χ2v) is 6.74. The normalized spacial score (nSPS) is 21.5. The standard InChI is InChI=1S/C18H16F5N5O2/c1-17(5-14(18(21,22)23)28-16(24)30-17)11-4-9(2-3-12(11)20)27-15(29)13-8-25-10(6-19)7-26-13/h2-4,7-8,14H,5-6H2,1H3,(H2,24,28)(H,27,29)/t14-,17-/m0/s1. The summed E-state index contributed by atoms with van der Waals surface area (Å²) in [5.41, 5.74) is 3.35. The molecule has 0 fully saturated rings. The Morgan fingerprint density at radius 1 is 1.33 bits per heavy atom. The number of amides is 1. The first-order chi connectivity index (χ1) is 14.0. The number of aliphatic imine (C=N–C) groups is 1. The summed E-state index contributed by atoms with van der Waals surface area (Å²) in [5.74, 6) is -1.58. The topological polar surface area (TPSA) is 102 Å². The number of rotatable bonds is 4. The lowest BCUT2D eigenvalue weighted by Crippen LogP contribution is -2.46. The number of aromatic nitrogens is 2. The van der Waals surface area contributed by atoms with E-state index in [9.17, 15) is 26.7 Å². The molecule has 2 heterocycles. The molecule has 0 saturated heterocycles. The Kier molecular flexibility index (Phi) is 5.59. The first-order valence-corrected chi connectivity index (χ1v) is 8.59. The van der Waals surface area contributed by atoms with Crippen molar-refractivity contribution in [2.24, 2.45) is 10.7 Å². The molecular formula is C18H16F5N5O2. The van der Waals surface area contributed by atoms with E-state index < -0.39 is 48.7 Å². The molecule has 0 saturated carbocycles. The van der Waals surface area contributed by atoms with Gasteiger partial charge in [0.1, 0.15) is 23.8 Å².